The first-order chi connectivity index (χ1) is 14.1. The predicted molar refractivity (Wildman–Crippen MR) is 119 cm³/mol. The van der Waals surface area contributed by atoms with Gasteiger partial charge in [0, 0.05) is 36.2 Å². The summed E-state index contributed by atoms with van der Waals surface area (Å²) in [6, 6.07) is 10.8. The van der Waals surface area contributed by atoms with Crippen LogP contribution in [0.1, 0.15) is 42.3 Å². The van der Waals surface area contributed by atoms with Crippen molar-refractivity contribution in [3.8, 4) is 0 Å². The molecular formula is C23H28FN3O2S. The number of aromatic nitrogens is 2. The summed E-state index contributed by atoms with van der Waals surface area (Å²) in [4.78, 5) is 5.05. The summed E-state index contributed by atoms with van der Waals surface area (Å²) in [7, 11) is -3.24. The number of benzene rings is 1. The average molecular weight is 430 g/mol. The number of pyridine rings is 1. The molecule has 0 radical (unpaired) electrons. The van der Waals surface area contributed by atoms with Gasteiger partial charge in [0.2, 0.25) is 0 Å². The Hall–Kier alpha value is -2.51. The molecule has 2 heterocycles. The van der Waals surface area contributed by atoms with Crippen molar-refractivity contribution in [3.63, 3.8) is 0 Å². The van der Waals surface area contributed by atoms with Crippen molar-refractivity contribution in [1.29, 1.82) is 0 Å². The monoisotopic (exact) mass is 429 g/mol. The zero-order valence-corrected chi connectivity index (χ0v) is 18.6. The first kappa shape index (κ1) is 22.2. The first-order valence-corrected chi connectivity index (χ1v) is 11.8. The van der Waals surface area contributed by atoms with Gasteiger partial charge >= 0.3 is 0 Å². The maximum absolute atomic E-state index is 14.4. The van der Waals surface area contributed by atoms with Gasteiger partial charge in [-0.15, -0.1) is 0 Å². The molecule has 0 bridgehead atoms. The number of rotatable bonds is 7. The van der Waals surface area contributed by atoms with E-state index in [4.69, 9.17) is 10.7 Å². The van der Waals surface area contributed by atoms with E-state index in [1.807, 2.05) is 35.8 Å². The van der Waals surface area contributed by atoms with Crippen molar-refractivity contribution in [2.24, 2.45) is 5.73 Å². The van der Waals surface area contributed by atoms with Crippen LogP contribution in [0.3, 0.4) is 0 Å². The minimum absolute atomic E-state index is 0.110. The summed E-state index contributed by atoms with van der Waals surface area (Å²) >= 11 is 0. The van der Waals surface area contributed by atoms with Gasteiger partial charge in [-0.05, 0) is 48.7 Å². The molecule has 3 aromatic rings. The van der Waals surface area contributed by atoms with Crippen LogP contribution in [0.4, 0.5) is 4.39 Å². The van der Waals surface area contributed by atoms with Crippen LogP contribution in [-0.2, 0) is 22.8 Å². The zero-order valence-electron chi connectivity index (χ0n) is 17.8. The minimum atomic E-state index is -3.24. The van der Waals surface area contributed by atoms with Crippen LogP contribution in [0.2, 0.25) is 0 Å². The fourth-order valence-corrected chi connectivity index (χ4v) is 4.44. The molecule has 0 fully saturated rings. The standard InChI is InChI=1S/C23H28FN3O2S/c1-15(2)23-20(13-17-6-8-19(9-7-17)30(4,28)29)22-21(10-5-16(3)26-22)27(23)14-18(24)11-12-25/h5-11,15H,12-14,25H2,1-4H3/b18-11-. The number of halogens is 1. The van der Waals surface area contributed by atoms with Crippen molar-refractivity contribution >= 4 is 20.9 Å². The van der Waals surface area contributed by atoms with Crippen LogP contribution in [0.25, 0.3) is 11.0 Å². The van der Waals surface area contributed by atoms with Gasteiger partial charge in [-0.1, -0.05) is 26.0 Å². The third-order valence-electron chi connectivity index (χ3n) is 5.12. The molecule has 0 atom stereocenters. The van der Waals surface area contributed by atoms with Gasteiger partial charge in [0.25, 0.3) is 0 Å². The SMILES string of the molecule is Cc1ccc2c(n1)c(Cc1ccc(S(C)(=O)=O)cc1)c(C(C)C)n2C/C(F)=C/CN. The molecule has 0 amide bonds. The van der Waals surface area contributed by atoms with Crippen molar-refractivity contribution in [3.05, 3.63) is 70.8 Å². The summed E-state index contributed by atoms with van der Waals surface area (Å²) in [5.41, 5.74) is 11.1. The van der Waals surface area contributed by atoms with Crippen LogP contribution in [0.15, 0.2) is 53.2 Å². The Morgan fingerprint density at radius 1 is 1.20 bits per heavy atom. The van der Waals surface area contributed by atoms with Crippen LogP contribution >= 0.6 is 0 Å². The van der Waals surface area contributed by atoms with Gasteiger partial charge in [0.05, 0.1) is 22.5 Å². The third-order valence-corrected chi connectivity index (χ3v) is 6.25. The summed E-state index contributed by atoms with van der Waals surface area (Å²) in [6.07, 6.45) is 3.17. The molecular weight excluding hydrogens is 401 g/mol. The van der Waals surface area contributed by atoms with Crippen LogP contribution in [0.5, 0.6) is 0 Å². The lowest BCUT2D eigenvalue weighted by atomic mass is 9.98. The van der Waals surface area contributed by atoms with Gasteiger partial charge in [0.1, 0.15) is 5.83 Å². The summed E-state index contributed by atoms with van der Waals surface area (Å²) in [5, 5.41) is 0. The summed E-state index contributed by atoms with van der Waals surface area (Å²) in [5.74, 6) is -0.128. The van der Waals surface area contributed by atoms with Gasteiger partial charge in [0.15, 0.2) is 9.84 Å². The van der Waals surface area contributed by atoms with Gasteiger partial charge in [-0.25, -0.2) is 12.8 Å². The Morgan fingerprint density at radius 2 is 1.87 bits per heavy atom. The van der Waals surface area contributed by atoms with Crippen molar-refractivity contribution in [2.75, 3.05) is 12.8 Å². The predicted octanol–water partition coefficient (Wildman–Crippen LogP) is 4.27. The molecule has 160 valence electrons. The number of allylic oxidation sites excluding steroid dienone is 1. The second-order valence-electron chi connectivity index (χ2n) is 7.90. The van der Waals surface area contributed by atoms with Crippen LogP contribution in [0, 0.1) is 6.92 Å². The number of hydrogen-bond donors (Lipinski definition) is 1. The number of sulfone groups is 1. The second kappa shape index (κ2) is 8.70. The normalized spacial score (nSPS) is 12.8. The molecule has 0 saturated heterocycles. The molecule has 7 heteroatoms. The smallest absolute Gasteiger partial charge is 0.175 e. The molecule has 30 heavy (non-hydrogen) atoms. The van der Waals surface area contributed by atoms with E-state index >= 15 is 0 Å². The molecule has 0 spiro atoms. The van der Waals surface area contributed by atoms with Crippen molar-refractivity contribution in [1.82, 2.24) is 9.55 Å². The second-order valence-corrected chi connectivity index (χ2v) is 9.92. The molecule has 0 aliphatic carbocycles. The summed E-state index contributed by atoms with van der Waals surface area (Å²) < 4.78 is 39.9. The fourth-order valence-electron chi connectivity index (χ4n) is 3.81. The van der Waals surface area contributed by atoms with E-state index in [2.05, 4.69) is 13.8 Å². The van der Waals surface area contributed by atoms with Gasteiger partial charge in [-0.2, -0.15) is 0 Å². The van der Waals surface area contributed by atoms with Gasteiger partial charge < -0.3 is 10.3 Å². The van der Waals surface area contributed by atoms with Crippen LogP contribution < -0.4 is 5.73 Å². The zero-order chi connectivity index (χ0) is 22.1. The Kier molecular flexibility index (Phi) is 6.43. The molecule has 0 saturated carbocycles. The molecule has 5 nitrogen and oxygen atoms in total. The number of aryl methyl sites for hydroxylation is 1. The number of nitrogens with zero attached hydrogens (tertiary/aromatic N) is 2. The van der Waals surface area contributed by atoms with E-state index in [1.165, 1.54) is 12.3 Å². The third kappa shape index (κ3) is 4.63. The van der Waals surface area contributed by atoms with Crippen LogP contribution in [-0.4, -0.2) is 30.8 Å². The summed E-state index contributed by atoms with van der Waals surface area (Å²) in [6.45, 7) is 6.36. The maximum atomic E-state index is 14.4. The lowest BCUT2D eigenvalue weighted by Crippen LogP contribution is -2.08. The van der Waals surface area contributed by atoms with Crippen molar-refractivity contribution < 1.29 is 12.8 Å². The Bertz CT molecular complexity index is 1190. The van der Waals surface area contributed by atoms with E-state index in [9.17, 15) is 12.8 Å². The first-order valence-electron chi connectivity index (χ1n) is 9.94. The molecule has 2 N–H and O–H groups in total. The van der Waals surface area contributed by atoms with E-state index < -0.39 is 9.84 Å². The fraction of sp³-hybridized carbons (Fsp3) is 0.348. The van der Waals surface area contributed by atoms with E-state index in [0.717, 1.165) is 33.5 Å². The Labute approximate surface area is 177 Å². The topological polar surface area (TPSA) is 78.0 Å². The van der Waals surface area contributed by atoms with Crippen molar-refractivity contribution in [2.45, 2.75) is 44.6 Å². The molecule has 3 rings (SSSR count). The highest BCUT2D eigenvalue weighted by molar-refractivity contribution is 7.90. The Balaban J connectivity index is 2.16. The van der Waals surface area contributed by atoms with E-state index in [0.29, 0.717) is 11.3 Å². The number of fused-ring (bicyclic) bond motifs is 1. The minimum Gasteiger partial charge on any atom is -0.336 e. The molecule has 0 aliphatic heterocycles. The number of nitrogens with two attached hydrogens (primary N) is 1. The number of hydrogen-bond acceptors (Lipinski definition) is 4. The average Bonchev–Trinajstić information content (AvgIpc) is 2.94. The lowest BCUT2D eigenvalue weighted by Gasteiger charge is -2.15. The highest BCUT2D eigenvalue weighted by atomic mass is 32.2. The largest absolute Gasteiger partial charge is 0.336 e. The quantitative estimate of drug-likeness (QED) is 0.608. The lowest BCUT2D eigenvalue weighted by molar-refractivity contribution is 0.544. The van der Waals surface area contributed by atoms with Gasteiger partial charge in [-0.3, -0.25) is 4.98 Å². The molecule has 1 aromatic carbocycles. The molecule has 2 aromatic heterocycles. The molecule has 0 aliphatic rings. The maximum Gasteiger partial charge on any atom is 0.175 e. The molecule has 0 unspecified atom stereocenters. The van der Waals surface area contributed by atoms with E-state index in [-0.39, 0.29) is 24.8 Å². The highest BCUT2D eigenvalue weighted by Crippen LogP contribution is 2.33. The van der Waals surface area contributed by atoms with E-state index in [1.54, 1.807) is 12.1 Å². The highest BCUT2D eigenvalue weighted by Gasteiger charge is 2.22. The Morgan fingerprint density at radius 3 is 2.43 bits per heavy atom.